The van der Waals surface area contributed by atoms with E-state index in [1.54, 1.807) is 6.92 Å². The summed E-state index contributed by atoms with van der Waals surface area (Å²) in [7, 11) is 0. The summed E-state index contributed by atoms with van der Waals surface area (Å²) >= 11 is 0. The van der Waals surface area contributed by atoms with Gasteiger partial charge in [-0.3, -0.25) is 10.2 Å². The number of likely N-dealkylation sites (N-methyl/N-ethyl adjacent to an activating group) is 1. The number of nitrogens with two attached hydrogens (primary N) is 1. The summed E-state index contributed by atoms with van der Waals surface area (Å²) in [4.78, 5) is 16.0. The maximum absolute atomic E-state index is 11.5. The van der Waals surface area contributed by atoms with Crippen molar-refractivity contribution in [1.82, 2.24) is 16.1 Å². The summed E-state index contributed by atoms with van der Waals surface area (Å²) in [5.74, 6) is 5.84. The molecule has 1 unspecified atom stereocenters. The van der Waals surface area contributed by atoms with Gasteiger partial charge >= 0.3 is 0 Å². The summed E-state index contributed by atoms with van der Waals surface area (Å²) in [6, 6.07) is -0.0128. The fraction of sp³-hybridized carbons (Fsp3) is 0.818. The highest BCUT2D eigenvalue weighted by Gasteiger charge is 2.17. The van der Waals surface area contributed by atoms with Crippen molar-refractivity contribution in [3.05, 3.63) is 0 Å². The smallest absolute Gasteiger partial charge is 0.242 e. The first kappa shape index (κ1) is 13.8. The van der Waals surface area contributed by atoms with Gasteiger partial charge in [0.15, 0.2) is 0 Å². The summed E-state index contributed by atoms with van der Waals surface area (Å²) in [5.41, 5.74) is 2.52. The zero-order valence-electron chi connectivity index (χ0n) is 10.6. The van der Waals surface area contributed by atoms with Crippen LogP contribution in [-0.2, 0) is 4.79 Å². The van der Waals surface area contributed by atoms with Gasteiger partial charge in [0, 0.05) is 6.54 Å². The molecule has 6 heteroatoms. The van der Waals surface area contributed by atoms with E-state index in [1.165, 1.54) is 12.8 Å². The van der Waals surface area contributed by atoms with E-state index in [4.69, 9.17) is 5.84 Å². The molecule has 0 heterocycles. The summed E-state index contributed by atoms with van der Waals surface area (Å²) in [6.07, 6.45) is 4.64. The highest BCUT2D eigenvalue weighted by atomic mass is 16.2. The Balaban J connectivity index is 2.47. The van der Waals surface area contributed by atoms with Crippen molar-refractivity contribution in [2.45, 2.75) is 51.6 Å². The number of hydrogen-bond acceptors (Lipinski definition) is 3. The van der Waals surface area contributed by atoms with Crippen molar-refractivity contribution in [2.75, 3.05) is 6.54 Å². The molecular weight excluding hydrogens is 218 g/mol. The Morgan fingerprint density at radius 2 is 2.12 bits per heavy atom. The van der Waals surface area contributed by atoms with Gasteiger partial charge in [-0.15, -0.1) is 0 Å². The molecule has 0 radical (unpaired) electrons. The monoisotopic (exact) mass is 241 g/mol. The average Bonchev–Trinajstić information content (AvgIpc) is 2.81. The Bertz CT molecular complexity index is 273. The normalized spacial score (nSPS) is 18.9. The Morgan fingerprint density at radius 3 is 2.65 bits per heavy atom. The van der Waals surface area contributed by atoms with Gasteiger partial charge in [-0.05, 0) is 26.7 Å². The lowest BCUT2D eigenvalue weighted by atomic mass is 10.3. The van der Waals surface area contributed by atoms with Crippen LogP contribution in [0.5, 0.6) is 0 Å². The molecule has 1 rings (SSSR count). The number of amides is 1. The molecule has 1 atom stereocenters. The van der Waals surface area contributed by atoms with Gasteiger partial charge < -0.3 is 10.6 Å². The molecule has 1 aliphatic rings. The minimum atomic E-state index is -0.342. The largest absolute Gasteiger partial charge is 0.355 e. The van der Waals surface area contributed by atoms with E-state index in [2.05, 4.69) is 21.1 Å². The van der Waals surface area contributed by atoms with Crippen LogP contribution in [0.15, 0.2) is 4.99 Å². The Kier molecular flexibility index (Phi) is 5.76. The molecule has 0 bridgehead atoms. The third kappa shape index (κ3) is 4.60. The lowest BCUT2D eigenvalue weighted by molar-refractivity contribution is -0.122. The molecule has 1 aliphatic carbocycles. The second kappa shape index (κ2) is 7.11. The van der Waals surface area contributed by atoms with Gasteiger partial charge in [-0.2, -0.15) is 0 Å². The molecule has 1 saturated carbocycles. The Morgan fingerprint density at radius 1 is 1.47 bits per heavy atom. The van der Waals surface area contributed by atoms with Crippen LogP contribution in [0.3, 0.4) is 0 Å². The fourth-order valence-corrected chi connectivity index (χ4v) is 1.93. The molecular formula is C11H23N5O. The average molecular weight is 241 g/mol. The third-order valence-electron chi connectivity index (χ3n) is 2.87. The molecule has 0 aromatic carbocycles. The van der Waals surface area contributed by atoms with Gasteiger partial charge in [0.2, 0.25) is 11.9 Å². The minimum Gasteiger partial charge on any atom is -0.355 e. The molecule has 0 aromatic heterocycles. The summed E-state index contributed by atoms with van der Waals surface area (Å²) in [6.45, 7) is 4.29. The van der Waals surface area contributed by atoms with Crippen molar-refractivity contribution < 1.29 is 4.79 Å². The number of nitrogens with zero attached hydrogens (tertiary/aromatic N) is 1. The lowest BCUT2D eigenvalue weighted by Crippen LogP contribution is -2.51. The van der Waals surface area contributed by atoms with Crippen LogP contribution in [0.4, 0.5) is 0 Å². The predicted octanol–water partition coefficient (Wildman–Crippen LogP) is -0.137. The van der Waals surface area contributed by atoms with Crippen molar-refractivity contribution >= 4 is 11.9 Å². The van der Waals surface area contributed by atoms with Gasteiger partial charge in [-0.25, -0.2) is 10.8 Å². The second-order valence-corrected chi connectivity index (χ2v) is 4.32. The molecule has 1 fully saturated rings. The van der Waals surface area contributed by atoms with Gasteiger partial charge in [-0.1, -0.05) is 12.8 Å². The van der Waals surface area contributed by atoms with E-state index in [-0.39, 0.29) is 11.9 Å². The molecule has 1 amide bonds. The van der Waals surface area contributed by atoms with E-state index in [0.717, 1.165) is 12.8 Å². The molecule has 17 heavy (non-hydrogen) atoms. The van der Waals surface area contributed by atoms with E-state index in [0.29, 0.717) is 18.5 Å². The standard InChI is InChI=1S/C11H23N5O/c1-3-13-10(17)8(2)14-11(16-12)15-9-6-4-5-7-9/h8-9H,3-7,12H2,1-2H3,(H,13,17)(H2,14,15,16). The zero-order chi connectivity index (χ0) is 12.7. The number of nitrogens with one attached hydrogen (secondary N) is 3. The van der Waals surface area contributed by atoms with E-state index in [1.807, 2.05) is 6.92 Å². The molecule has 0 saturated heterocycles. The van der Waals surface area contributed by atoms with Gasteiger partial charge in [0.25, 0.3) is 0 Å². The van der Waals surface area contributed by atoms with Crippen LogP contribution in [0.25, 0.3) is 0 Å². The van der Waals surface area contributed by atoms with Gasteiger partial charge in [0.05, 0.1) is 6.04 Å². The number of carbonyl (C=O) groups is 1. The summed E-state index contributed by atoms with van der Waals surface area (Å²) in [5, 5.41) is 5.72. The number of aliphatic imine (C=N–C) groups is 1. The van der Waals surface area contributed by atoms with Crippen LogP contribution in [-0.4, -0.2) is 30.5 Å². The van der Waals surface area contributed by atoms with Crippen molar-refractivity contribution in [2.24, 2.45) is 10.8 Å². The lowest BCUT2D eigenvalue weighted by Gasteiger charge is -2.17. The fourth-order valence-electron chi connectivity index (χ4n) is 1.93. The van der Waals surface area contributed by atoms with Crippen LogP contribution >= 0.6 is 0 Å². The number of carbonyl (C=O) groups excluding carboxylic acids is 1. The van der Waals surface area contributed by atoms with Crippen molar-refractivity contribution in [1.29, 1.82) is 0 Å². The quantitative estimate of drug-likeness (QED) is 0.239. The number of guanidine groups is 1. The van der Waals surface area contributed by atoms with Crippen LogP contribution in [0.1, 0.15) is 39.5 Å². The van der Waals surface area contributed by atoms with Crippen LogP contribution < -0.4 is 21.9 Å². The molecule has 98 valence electrons. The maximum Gasteiger partial charge on any atom is 0.242 e. The van der Waals surface area contributed by atoms with Crippen LogP contribution in [0.2, 0.25) is 0 Å². The summed E-state index contributed by atoms with van der Waals surface area (Å²) < 4.78 is 0. The van der Waals surface area contributed by atoms with Crippen molar-refractivity contribution in [3.63, 3.8) is 0 Å². The highest BCUT2D eigenvalue weighted by molar-refractivity contribution is 5.88. The second-order valence-electron chi connectivity index (χ2n) is 4.32. The van der Waals surface area contributed by atoms with Crippen molar-refractivity contribution in [3.8, 4) is 0 Å². The Hall–Kier alpha value is -1.30. The predicted molar refractivity (Wildman–Crippen MR) is 68.3 cm³/mol. The number of hydrazine groups is 1. The first-order valence-corrected chi connectivity index (χ1v) is 6.26. The first-order valence-electron chi connectivity index (χ1n) is 6.26. The maximum atomic E-state index is 11.5. The van der Waals surface area contributed by atoms with E-state index < -0.39 is 0 Å². The van der Waals surface area contributed by atoms with Gasteiger partial charge in [0.1, 0.15) is 6.04 Å². The highest BCUT2D eigenvalue weighted by Crippen LogP contribution is 2.20. The number of hydrogen-bond donors (Lipinski definition) is 4. The number of rotatable bonds is 4. The molecule has 0 aromatic rings. The molecule has 6 nitrogen and oxygen atoms in total. The van der Waals surface area contributed by atoms with E-state index >= 15 is 0 Å². The zero-order valence-corrected chi connectivity index (χ0v) is 10.6. The van der Waals surface area contributed by atoms with E-state index in [9.17, 15) is 4.79 Å². The SMILES string of the molecule is CCNC(=O)C(C)NC(=NC1CCCC1)NN. The molecule has 0 spiro atoms. The topological polar surface area (TPSA) is 91.5 Å². The Labute approximate surface area is 102 Å². The minimum absolute atomic E-state index is 0.0538. The molecule has 0 aliphatic heterocycles. The molecule has 5 N–H and O–H groups in total. The van der Waals surface area contributed by atoms with Crippen LogP contribution in [0, 0.1) is 0 Å². The first-order chi connectivity index (χ1) is 8.17. The third-order valence-corrected chi connectivity index (χ3v) is 2.87.